The predicted molar refractivity (Wildman–Crippen MR) is 55.0 cm³/mol. The van der Waals surface area contributed by atoms with Crippen molar-refractivity contribution in [1.29, 1.82) is 0 Å². The van der Waals surface area contributed by atoms with Crippen LogP contribution in [0.1, 0.15) is 48.6 Å². The summed E-state index contributed by atoms with van der Waals surface area (Å²) in [6, 6.07) is 0. The van der Waals surface area contributed by atoms with Crippen LogP contribution in [0.4, 0.5) is 0 Å². The zero-order valence-corrected chi connectivity index (χ0v) is 8.71. The molecule has 1 saturated carbocycles. The topological polar surface area (TPSA) is 29.9 Å². The maximum Gasteiger partial charge on any atom is 0.0810 e. The van der Waals surface area contributed by atoms with Crippen LogP contribution in [0.5, 0.6) is 0 Å². The molecule has 0 amide bonds. The van der Waals surface area contributed by atoms with E-state index in [4.69, 9.17) is 0 Å². The Labute approximate surface area is 84.5 Å². The molecule has 0 unspecified atom stereocenters. The van der Waals surface area contributed by atoms with Crippen LogP contribution >= 0.6 is 0 Å². The van der Waals surface area contributed by atoms with E-state index in [9.17, 15) is 0 Å². The molecular formula is C11H17N3. The van der Waals surface area contributed by atoms with Crippen LogP contribution < -0.4 is 5.32 Å². The smallest absolute Gasteiger partial charge is 0.0810 e. The number of aromatic nitrogens is 2. The van der Waals surface area contributed by atoms with Crippen molar-refractivity contribution in [3.63, 3.8) is 0 Å². The molecule has 2 aliphatic rings. The van der Waals surface area contributed by atoms with Gasteiger partial charge < -0.3 is 5.32 Å². The van der Waals surface area contributed by atoms with Crippen molar-refractivity contribution in [2.75, 3.05) is 0 Å². The second-order valence-electron chi connectivity index (χ2n) is 4.52. The van der Waals surface area contributed by atoms with Crippen LogP contribution in [0, 0.1) is 0 Å². The lowest BCUT2D eigenvalue weighted by atomic mass is 9.99. The highest BCUT2D eigenvalue weighted by Crippen LogP contribution is 2.37. The summed E-state index contributed by atoms with van der Waals surface area (Å²) in [5.74, 6) is 0.788. The fourth-order valence-corrected chi connectivity index (χ4v) is 2.99. The summed E-state index contributed by atoms with van der Waals surface area (Å²) >= 11 is 0. The summed E-state index contributed by atoms with van der Waals surface area (Å²) in [7, 11) is 2.10. The minimum absolute atomic E-state index is 0.788. The van der Waals surface area contributed by atoms with Gasteiger partial charge >= 0.3 is 0 Å². The van der Waals surface area contributed by atoms with E-state index in [2.05, 4.69) is 22.1 Å². The fraction of sp³-hybridized carbons (Fsp3) is 0.727. The van der Waals surface area contributed by atoms with Crippen LogP contribution in [0.25, 0.3) is 0 Å². The van der Waals surface area contributed by atoms with Crippen molar-refractivity contribution in [1.82, 2.24) is 15.1 Å². The van der Waals surface area contributed by atoms with Crippen molar-refractivity contribution >= 4 is 0 Å². The van der Waals surface area contributed by atoms with Gasteiger partial charge in [-0.25, -0.2) is 0 Å². The molecule has 2 heterocycles. The van der Waals surface area contributed by atoms with Gasteiger partial charge in [0.25, 0.3) is 0 Å². The Morgan fingerprint density at radius 1 is 1.29 bits per heavy atom. The van der Waals surface area contributed by atoms with E-state index in [0.29, 0.717) is 0 Å². The molecule has 1 fully saturated rings. The van der Waals surface area contributed by atoms with Gasteiger partial charge in [0.1, 0.15) is 0 Å². The second kappa shape index (κ2) is 3.09. The molecule has 0 spiro atoms. The quantitative estimate of drug-likeness (QED) is 0.732. The van der Waals surface area contributed by atoms with Crippen molar-refractivity contribution in [2.24, 2.45) is 7.05 Å². The summed E-state index contributed by atoms with van der Waals surface area (Å²) in [5.41, 5.74) is 4.30. The van der Waals surface area contributed by atoms with Gasteiger partial charge in [0.2, 0.25) is 0 Å². The molecule has 3 heteroatoms. The second-order valence-corrected chi connectivity index (χ2v) is 4.52. The molecule has 0 radical (unpaired) electrons. The Kier molecular flexibility index (Phi) is 1.87. The molecule has 0 atom stereocenters. The normalized spacial score (nSPS) is 21.8. The van der Waals surface area contributed by atoms with Crippen molar-refractivity contribution in [3.8, 4) is 0 Å². The SMILES string of the molecule is Cn1nc2c(c1C1CCCC1)CNC2. The van der Waals surface area contributed by atoms with Crippen LogP contribution in [0.3, 0.4) is 0 Å². The lowest BCUT2D eigenvalue weighted by Crippen LogP contribution is -2.10. The maximum atomic E-state index is 4.59. The highest BCUT2D eigenvalue weighted by molar-refractivity contribution is 5.32. The molecule has 1 aliphatic heterocycles. The summed E-state index contributed by atoms with van der Waals surface area (Å²) in [6.45, 7) is 2.00. The highest BCUT2D eigenvalue weighted by atomic mass is 15.3. The van der Waals surface area contributed by atoms with Gasteiger partial charge in [0.15, 0.2) is 0 Å². The summed E-state index contributed by atoms with van der Waals surface area (Å²) < 4.78 is 2.13. The number of fused-ring (bicyclic) bond motifs is 1. The van der Waals surface area contributed by atoms with Crippen molar-refractivity contribution in [3.05, 3.63) is 17.0 Å². The zero-order chi connectivity index (χ0) is 9.54. The Balaban J connectivity index is 2.02. The van der Waals surface area contributed by atoms with Gasteiger partial charge in [0, 0.05) is 37.3 Å². The van der Waals surface area contributed by atoms with Gasteiger partial charge in [0.05, 0.1) is 5.69 Å². The third kappa shape index (κ3) is 1.12. The van der Waals surface area contributed by atoms with Crippen molar-refractivity contribution < 1.29 is 0 Å². The number of aryl methyl sites for hydroxylation is 1. The largest absolute Gasteiger partial charge is 0.307 e. The molecule has 1 N–H and O–H groups in total. The minimum atomic E-state index is 0.788. The first-order valence-corrected chi connectivity index (χ1v) is 5.61. The Morgan fingerprint density at radius 3 is 2.86 bits per heavy atom. The average molecular weight is 191 g/mol. The molecule has 0 bridgehead atoms. The molecule has 0 saturated heterocycles. The minimum Gasteiger partial charge on any atom is -0.307 e. The van der Waals surface area contributed by atoms with E-state index in [1.165, 1.54) is 42.6 Å². The molecule has 0 aromatic carbocycles. The van der Waals surface area contributed by atoms with E-state index < -0.39 is 0 Å². The van der Waals surface area contributed by atoms with Crippen LogP contribution in [-0.4, -0.2) is 9.78 Å². The third-order valence-electron chi connectivity index (χ3n) is 3.61. The summed E-state index contributed by atoms with van der Waals surface area (Å²) in [4.78, 5) is 0. The van der Waals surface area contributed by atoms with Crippen LogP contribution in [0.2, 0.25) is 0 Å². The molecule has 1 aromatic heterocycles. The first kappa shape index (κ1) is 8.48. The van der Waals surface area contributed by atoms with E-state index in [1.807, 2.05) is 0 Å². The molecular weight excluding hydrogens is 174 g/mol. The lowest BCUT2D eigenvalue weighted by Gasteiger charge is -2.11. The average Bonchev–Trinajstić information content (AvgIpc) is 2.78. The Bertz CT molecular complexity index is 348. The van der Waals surface area contributed by atoms with E-state index in [-0.39, 0.29) is 0 Å². The van der Waals surface area contributed by atoms with E-state index in [0.717, 1.165) is 19.0 Å². The van der Waals surface area contributed by atoms with Crippen LogP contribution in [-0.2, 0) is 20.1 Å². The number of rotatable bonds is 1. The first-order valence-electron chi connectivity index (χ1n) is 5.61. The Hall–Kier alpha value is -0.830. The monoisotopic (exact) mass is 191 g/mol. The van der Waals surface area contributed by atoms with Gasteiger partial charge in [-0.05, 0) is 12.8 Å². The van der Waals surface area contributed by atoms with E-state index in [1.54, 1.807) is 0 Å². The Morgan fingerprint density at radius 2 is 2.07 bits per heavy atom. The number of nitrogens with one attached hydrogen (secondary N) is 1. The lowest BCUT2D eigenvalue weighted by molar-refractivity contribution is 0.592. The summed E-state index contributed by atoms with van der Waals surface area (Å²) in [6.07, 6.45) is 5.54. The van der Waals surface area contributed by atoms with Gasteiger partial charge in [-0.1, -0.05) is 12.8 Å². The van der Waals surface area contributed by atoms with Gasteiger partial charge in [-0.2, -0.15) is 5.10 Å². The number of hydrogen-bond acceptors (Lipinski definition) is 2. The third-order valence-corrected chi connectivity index (χ3v) is 3.61. The van der Waals surface area contributed by atoms with Gasteiger partial charge in [-0.3, -0.25) is 4.68 Å². The number of hydrogen-bond donors (Lipinski definition) is 1. The molecule has 1 aromatic rings. The molecule has 3 nitrogen and oxygen atoms in total. The first-order chi connectivity index (χ1) is 6.86. The standard InChI is InChI=1S/C11H17N3/c1-14-11(8-4-2-3-5-8)9-6-12-7-10(9)13-14/h8,12H,2-7H2,1H3. The van der Waals surface area contributed by atoms with Crippen molar-refractivity contribution in [2.45, 2.75) is 44.7 Å². The highest BCUT2D eigenvalue weighted by Gasteiger charge is 2.27. The molecule has 1 aliphatic carbocycles. The predicted octanol–water partition coefficient (Wildman–Crippen LogP) is 1.68. The number of nitrogens with zero attached hydrogens (tertiary/aromatic N) is 2. The molecule has 3 rings (SSSR count). The molecule has 14 heavy (non-hydrogen) atoms. The van der Waals surface area contributed by atoms with Gasteiger partial charge in [-0.15, -0.1) is 0 Å². The maximum absolute atomic E-state index is 4.59. The summed E-state index contributed by atoms with van der Waals surface area (Å²) in [5, 5.41) is 7.97. The van der Waals surface area contributed by atoms with Crippen LogP contribution in [0.15, 0.2) is 0 Å². The molecule has 76 valence electrons. The zero-order valence-electron chi connectivity index (χ0n) is 8.71. The van der Waals surface area contributed by atoms with E-state index >= 15 is 0 Å². The fourth-order valence-electron chi connectivity index (χ4n) is 2.99.